The van der Waals surface area contributed by atoms with E-state index < -0.39 is 11.8 Å². The predicted molar refractivity (Wildman–Crippen MR) is 248 cm³/mol. The largest absolute Gasteiger partial charge is 0.493 e. The smallest absolute Gasteiger partial charge is 0.239 e. The summed E-state index contributed by atoms with van der Waals surface area (Å²) in [6.07, 6.45) is 21.6. The highest BCUT2D eigenvalue weighted by Gasteiger charge is 2.65. The van der Waals surface area contributed by atoms with Crippen LogP contribution in [0.2, 0.25) is 0 Å². The van der Waals surface area contributed by atoms with Gasteiger partial charge < -0.3 is 34.2 Å². The molecule has 338 valence electrons. The lowest BCUT2D eigenvalue weighted by Gasteiger charge is -2.60. The minimum atomic E-state index is -1.23. The second-order valence-electron chi connectivity index (χ2n) is 17.1. The number of ether oxygens (including phenoxy) is 3. The van der Waals surface area contributed by atoms with Crippen molar-refractivity contribution < 1.29 is 34.1 Å². The molecule has 1 amide bonds. The Morgan fingerprint density at radius 2 is 1.66 bits per heavy atom. The summed E-state index contributed by atoms with van der Waals surface area (Å²) in [5.41, 5.74) is 2.96. The molecule has 1 saturated carbocycles. The van der Waals surface area contributed by atoms with Crippen molar-refractivity contribution in [2.75, 3.05) is 45.8 Å². The molecular formula is C51H76N2O7S. The van der Waals surface area contributed by atoms with E-state index in [1.807, 2.05) is 23.1 Å². The van der Waals surface area contributed by atoms with Gasteiger partial charge in [-0.2, -0.15) is 0 Å². The minimum Gasteiger partial charge on any atom is -0.493 e. The predicted octanol–water partition coefficient (Wildman–Crippen LogP) is 11.3. The van der Waals surface area contributed by atoms with Gasteiger partial charge in [-0.1, -0.05) is 114 Å². The zero-order valence-electron chi connectivity index (χ0n) is 37.6. The van der Waals surface area contributed by atoms with Crippen molar-refractivity contribution in [2.45, 2.75) is 152 Å². The van der Waals surface area contributed by atoms with Gasteiger partial charge in [-0.15, -0.1) is 18.3 Å². The first-order chi connectivity index (χ1) is 30.0. The zero-order valence-corrected chi connectivity index (χ0v) is 38.4. The first-order valence-corrected chi connectivity index (χ1v) is 24.7. The molecule has 2 aromatic carbocycles. The molecule has 0 bridgehead atoms. The SMILES string of the molecule is C=CCO[C@@]12Oc3ccc(OCCSc4ccccc4)cc3[C@H]3[C@H](CCCCO)[C@@H](CCCCO)C=C(C(=NOC)C[C@@H]1N(CCC)C(=O)CCCCCCCCCCC)[C@H]32. The number of carbonyl (C=O) groups is 1. The molecule has 5 rings (SSSR count). The van der Waals surface area contributed by atoms with Gasteiger partial charge >= 0.3 is 0 Å². The lowest BCUT2D eigenvalue weighted by atomic mass is 9.55. The average molecular weight is 861 g/mol. The molecule has 1 aliphatic heterocycles. The number of benzene rings is 2. The number of unbranched alkanes of at least 4 members (excludes halogenated alkanes) is 10. The van der Waals surface area contributed by atoms with Crippen molar-refractivity contribution in [3.8, 4) is 11.5 Å². The Kier molecular flexibility index (Phi) is 21.0. The minimum absolute atomic E-state index is 0.0746. The van der Waals surface area contributed by atoms with Gasteiger partial charge in [-0.25, -0.2) is 0 Å². The summed E-state index contributed by atoms with van der Waals surface area (Å²) in [6.45, 7) is 10.1. The number of rotatable bonds is 30. The monoisotopic (exact) mass is 861 g/mol. The summed E-state index contributed by atoms with van der Waals surface area (Å²) in [7, 11) is 1.60. The third-order valence-corrected chi connectivity index (χ3v) is 13.8. The van der Waals surface area contributed by atoms with E-state index in [-0.39, 0.29) is 49.4 Å². The maximum Gasteiger partial charge on any atom is 0.239 e. The summed E-state index contributed by atoms with van der Waals surface area (Å²) in [5, 5.41) is 24.5. The molecule has 61 heavy (non-hydrogen) atoms. The Labute approximate surface area is 371 Å². The molecular weight excluding hydrogens is 785 g/mol. The molecule has 0 unspecified atom stereocenters. The van der Waals surface area contributed by atoms with Gasteiger partial charge in [0.1, 0.15) is 24.7 Å². The van der Waals surface area contributed by atoms with Gasteiger partial charge in [0, 0.05) is 54.7 Å². The van der Waals surface area contributed by atoms with E-state index in [4.69, 9.17) is 24.2 Å². The van der Waals surface area contributed by atoms with Gasteiger partial charge in [-0.3, -0.25) is 4.79 Å². The number of hydrogen-bond donors (Lipinski definition) is 2. The van der Waals surface area contributed by atoms with Crippen molar-refractivity contribution >= 4 is 23.4 Å². The molecule has 1 fully saturated rings. The van der Waals surface area contributed by atoms with Crippen LogP contribution in [0.3, 0.4) is 0 Å². The standard InChI is InChI=1S/C51H76N2O7S/c1-5-8-9-10-11-12-13-14-18-27-48(56)53(30-6-2)47-38-45(52-57-4)43-36-39(23-19-21-31-54)42(26-20-22-32-55)49-44-37-40(58-34-35-61-41-24-16-15-17-25-41)28-29-46(44)60-51(47,50(43)49)59-33-7-3/h7,15-17,24-25,28-29,36-37,39,42,47,49-50,54-55H,3,5-6,8-14,18-23,26-27,30-35,38H2,1-2,4H3/t39-,42+,47-,49+,50+,51+/m0/s1. The number of aliphatic hydroxyl groups excluding tert-OH is 2. The number of amides is 1. The number of carbonyl (C=O) groups excluding carboxylic acids is 1. The topological polar surface area (TPSA) is 110 Å². The lowest BCUT2D eigenvalue weighted by molar-refractivity contribution is -0.257. The highest BCUT2D eigenvalue weighted by molar-refractivity contribution is 7.99. The molecule has 0 spiro atoms. The number of oxime groups is 1. The van der Waals surface area contributed by atoms with Crippen LogP contribution in [0.1, 0.15) is 141 Å². The van der Waals surface area contributed by atoms with E-state index in [1.54, 1.807) is 24.9 Å². The van der Waals surface area contributed by atoms with Gasteiger partial charge in [0.25, 0.3) is 0 Å². The molecule has 10 heteroatoms. The Morgan fingerprint density at radius 3 is 2.34 bits per heavy atom. The van der Waals surface area contributed by atoms with Crippen molar-refractivity contribution in [3.05, 3.63) is 78.4 Å². The summed E-state index contributed by atoms with van der Waals surface area (Å²) < 4.78 is 21.0. The highest BCUT2D eigenvalue weighted by Crippen LogP contribution is 2.62. The van der Waals surface area contributed by atoms with Crippen LogP contribution in [0.15, 0.2) is 82.9 Å². The normalized spacial score (nSPS) is 23.4. The Morgan fingerprint density at radius 1 is 0.934 bits per heavy atom. The second kappa shape index (κ2) is 26.3. The van der Waals surface area contributed by atoms with Crippen LogP contribution in [0.4, 0.5) is 0 Å². The van der Waals surface area contributed by atoms with Crippen molar-refractivity contribution in [1.82, 2.24) is 4.90 Å². The molecule has 0 radical (unpaired) electrons. The number of allylic oxidation sites excluding steroid dienone is 1. The molecule has 6 atom stereocenters. The van der Waals surface area contributed by atoms with E-state index in [2.05, 4.69) is 56.8 Å². The maximum atomic E-state index is 14.6. The zero-order chi connectivity index (χ0) is 43.3. The lowest BCUT2D eigenvalue weighted by Crippen LogP contribution is -2.70. The Bertz CT molecular complexity index is 1670. The summed E-state index contributed by atoms with van der Waals surface area (Å²) in [6, 6.07) is 16.1. The second-order valence-corrected chi connectivity index (χ2v) is 18.3. The number of thioether (sulfide) groups is 1. The van der Waals surface area contributed by atoms with Crippen LogP contribution >= 0.6 is 11.8 Å². The molecule has 2 aromatic rings. The molecule has 9 nitrogen and oxygen atoms in total. The quantitative estimate of drug-likeness (QED) is 0.0346. The molecule has 2 N–H and O–H groups in total. The Balaban J connectivity index is 1.55. The van der Waals surface area contributed by atoms with Crippen LogP contribution < -0.4 is 9.47 Å². The van der Waals surface area contributed by atoms with E-state index in [9.17, 15) is 15.0 Å². The van der Waals surface area contributed by atoms with Crippen LogP contribution in [0.5, 0.6) is 11.5 Å². The molecule has 0 aromatic heterocycles. The summed E-state index contributed by atoms with van der Waals surface area (Å²) in [4.78, 5) is 23.5. The first kappa shape index (κ1) is 48.7. The van der Waals surface area contributed by atoms with Gasteiger partial charge in [-0.05, 0) is 86.3 Å². The number of aliphatic hydroxyl groups is 2. The van der Waals surface area contributed by atoms with Crippen molar-refractivity contribution in [1.29, 1.82) is 0 Å². The third kappa shape index (κ3) is 13.1. The van der Waals surface area contributed by atoms with Crippen LogP contribution in [0.25, 0.3) is 0 Å². The average Bonchev–Trinajstić information content (AvgIpc) is 3.27. The van der Waals surface area contributed by atoms with Gasteiger partial charge in [0.05, 0.1) is 24.8 Å². The van der Waals surface area contributed by atoms with Crippen LogP contribution in [-0.2, 0) is 14.4 Å². The van der Waals surface area contributed by atoms with Crippen molar-refractivity contribution in [2.24, 2.45) is 22.9 Å². The maximum absolute atomic E-state index is 14.6. The fourth-order valence-electron chi connectivity index (χ4n) is 10.1. The summed E-state index contributed by atoms with van der Waals surface area (Å²) in [5.74, 6) is 1.20. The number of nitrogens with zero attached hydrogens (tertiary/aromatic N) is 2. The molecule has 1 heterocycles. The van der Waals surface area contributed by atoms with Gasteiger partial charge in [0.2, 0.25) is 11.7 Å². The third-order valence-electron chi connectivity index (χ3n) is 12.9. The molecule has 0 saturated heterocycles. The summed E-state index contributed by atoms with van der Waals surface area (Å²) >= 11 is 1.77. The van der Waals surface area contributed by atoms with E-state index in [1.165, 1.54) is 43.4 Å². The Hall–Kier alpha value is -3.31. The highest BCUT2D eigenvalue weighted by atomic mass is 32.2. The van der Waals surface area contributed by atoms with E-state index >= 15 is 0 Å². The molecule has 3 aliphatic rings. The first-order valence-electron chi connectivity index (χ1n) is 23.7. The number of fused-ring (bicyclic) bond motifs is 2. The van der Waals surface area contributed by atoms with Crippen molar-refractivity contribution in [3.63, 3.8) is 0 Å². The molecule has 2 aliphatic carbocycles. The van der Waals surface area contributed by atoms with Crippen LogP contribution in [0, 0.1) is 17.8 Å². The fraction of sp³-hybridized carbons (Fsp3) is 0.647. The number of hydrogen-bond acceptors (Lipinski definition) is 9. The van der Waals surface area contributed by atoms with E-state index in [0.717, 1.165) is 91.9 Å². The fourth-order valence-corrected chi connectivity index (χ4v) is 10.9. The van der Waals surface area contributed by atoms with Gasteiger partial charge in [0.15, 0.2) is 0 Å². The van der Waals surface area contributed by atoms with E-state index in [0.29, 0.717) is 32.4 Å². The van der Waals surface area contributed by atoms with Crippen LogP contribution in [-0.4, -0.2) is 84.4 Å².